The standard InChI is InChI=1S/C18H26O/c1-3-17(11-7-5-8-12-17)15-19-16-18(4-2)13-9-6-10-14-18/h1-2H,5-16H2. The van der Waals surface area contributed by atoms with E-state index in [1.54, 1.807) is 0 Å². The summed E-state index contributed by atoms with van der Waals surface area (Å²) in [5, 5.41) is 0. The lowest BCUT2D eigenvalue weighted by Gasteiger charge is -2.36. The molecule has 2 aliphatic rings. The van der Waals surface area contributed by atoms with Crippen LogP contribution in [-0.4, -0.2) is 13.2 Å². The Kier molecular flexibility index (Phi) is 4.95. The summed E-state index contributed by atoms with van der Waals surface area (Å²) in [6.07, 6.45) is 23.6. The van der Waals surface area contributed by atoms with Crippen molar-refractivity contribution < 1.29 is 4.74 Å². The molecule has 0 aromatic heterocycles. The molecule has 0 unspecified atom stereocenters. The Morgan fingerprint density at radius 2 is 1.05 bits per heavy atom. The highest BCUT2D eigenvalue weighted by Crippen LogP contribution is 2.39. The van der Waals surface area contributed by atoms with E-state index in [0.29, 0.717) is 13.2 Å². The maximum absolute atomic E-state index is 6.02. The Morgan fingerprint density at radius 3 is 1.37 bits per heavy atom. The fraction of sp³-hybridized carbons (Fsp3) is 0.778. The van der Waals surface area contributed by atoms with E-state index in [9.17, 15) is 0 Å². The van der Waals surface area contributed by atoms with E-state index in [-0.39, 0.29) is 10.8 Å². The highest BCUT2D eigenvalue weighted by molar-refractivity contribution is 5.09. The van der Waals surface area contributed by atoms with Crippen LogP contribution in [0.4, 0.5) is 0 Å². The molecule has 0 saturated heterocycles. The molecule has 2 saturated carbocycles. The third-order valence-corrected chi connectivity index (χ3v) is 4.99. The summed E-state index contributed by atoms with van der Waals surface area (Å²) in [7, 11) is 0. The van der Waals surface area contributed by atoms with Gasteiger partial charge in [0.2, 0.25) is 0 Å². The van der Waals surface area contributed by atoms with Gasteiger partial charge in [-0.2, -0.15) is 0 Å². The van der Waals surface area contributed by atoms with Crippen molar-refractivity contribution in [2.75, 3.05) is 13.2 Å². The van der Waals surface area contributed by atoms with Crippen molar-refractivity contribution in [2.24, 2.45) is 10.8 Å². The Labute approximate surface area is 118 Å². The molecule has 0 aromatic carbocycles. The third kappa shape index (κ3) is 3.55. The van der Waals surface area contributed by atoms with Crippen molar-refractivity contribution in [2.45, 2.75) is 64.2 Å². The molecule has 0 atom stereocenters. The summed E-state index contributed by atoms with van der Waals surface area (Å²) in [6, 6.07) is 0. The van der Waals surface area contributed by atoms with Crippen molar-refractivity contribution >= 4 is 0 Å². The number of ether oxygens (including phenoxy) is 1. The second-order valence-electron chi connectivity index (χ2n) is 6.46. The molecular formula is C18H26O. The van der Waals surface area contributed by atoms with Gasteiger partial charge in [-0.1, -0.05) is 50.4 Å². The van der Waals surface area contributed by atoms with Crippen molar-refractivity contribution in [1.82, 2.24) is 0 Å². The largest absolute Gasteiger partial charge is 0.378 e. The lowest BCUT2D eigenvalue weighted by molar-refractivity contribution is 0.00618. The van der Waals surface area contributed by atoms with E-state index in [0.717, 1.165) is 25.7 Å². The number of rotatable bonds is 4. The Morgan fingerprint density at radius 1 is 0.684 bits per heavy atom. The van der Waals surface area contributed by atoms with E-state index in [4.69, 9.17) is 17.6 Å². The molecular weight excluding hydrogens is 232 g/mol. The van der Waals surface area contributed by atoms with Crippen LogP contribution in [0.5, 0.6) is 0 Å². The van der Waals surface area contributed by atoms with Crippen molar-refractivity contribution in [3.8, 4) is 24.7 Å². The molecule has 2 aliphatic carbocycles. The first-order chi connectivity index (χ1) is 9.24. The summed E-state index contributed by atoms with van der Waals surface area (Å²) in [5.41, 5.74) is -0.0224. The zero-order valence-electron chi connectivity index (χ0n) is 12.0. The average Bonchev–Trinajstić information content (AvgIpc) is 2.49. The smallest absolute Gasteiger partial charge is 0.0632 e. The first kappa shape index (κ1) is 14.5. The van der Waals surface area contributed by atoms with Crippen molar-refractivity contribution in [3.63, 3.8) is 0 Å². The van der Waals surface area contributed by atoms with Crippen LogP contribution in [0.15, 0.2) is 0 Å². The Hall–Kier alpha value is -0.920. The van der Waals surface area contributed by atoms with Gasteiger partial charge in [0.1, 0.15) is 0 Å². The highest BCUT2D eigenvalue weighted by Gasteiger charge is 2.34. The van der Waals surface area contributed by atoms with Crippen LogP contribution in [-0.2, 0) is 4.74 Å². The molecule has 1 nitrogen and oxygen atoms in total. The summed E-state index contributed by atoms with van der Waals surface area (Å²) in [6.45, 7) is 1.40. The van der Waals surface area contributed by atoms with Crippen LogP contribution in [0.1, 0.15) is 64.2 Å². The first-order valence-corrected chi connectivity index (χ1v) is 7.78. The van der Waals surface area contributed by atoms with Gasteiger partial charge >= 0.3 is 0 Å². The molecule has 0 aromatic rings. The second kappa shape index (κ2) is 6.49. The van der Waals surface area contributed by atoms with E-state index in [1.165, 1.54) is 38.5 Å². The zero-order valence-corrected chi connectivity index (χ0v) is 12.0. The number of terminal acetylenes is 2. The van der Waals surface area contributed by atoms with Gasteiger partial charge in [0.15, 0.2) is 0 Å². The maximum atomic E-state index is 6.02. The maximum Gasteiger partial charge on any atom is 0.0632 e. The van der Waals surface area contributed by atoms with E-state index < -0.39 is 0 Å². The van der Waals surface area contributed by atoms with Crippen LogP contribution in [0, 0.1) is 35.5 Å². The van der Waals surface area contributed by atoms with E-state index in [1.807, 2.05) is 0 Å². The zero-order chi connectivity index (χ0) is 13.6. The van der Waals surface area contributed by atoms with E-state index in [2.05, 4.69) is 11.8 Å². The Balaban J connectivity index is 1.84. The monoisotopic (exact) mass is 258 g/mol. The quantitative estimate of drug-likeness (QED) is 0.688. The summed E-state index contributed by atoms with van der Waals surface area (Å²) < 4.78 is 6.02. The van der Waals surface area contributed by atoms with Crippen molar-refractivity contribution in [3.05, 3.63) is 0 Å². The molecule has 0 N–H and O–H groups in total. The molecule has 2 fully saturated rings. The van der Waals surface area contributed by atoms with Gasteiger partial charge in [0.05, 0.1) is 24.0 Å². The third-order valence-electron chi connectivity index (χ3n) is 4.99. The molecule has 0 radical (unpaired) electrons. The van der Waals surface area contributed by atoms with Crippen LogP contribution in [0.3, 0.4) is 0 Å². The predicted octanol–water partition coefficient (Wildman–Crippen LogP) is 4.17. The lowest BCUT2D eigenvalue weighted by Crippen LogP contribution is -2.33. The van der Waals surface area contributed by atoms with Crippen LogP contribution >= 0.6 is 0 Å². The summed E-state index contributed by atoms with van der Waals surface area (Å²) in [5.74, 6) is 6.02. The van der Waals surface area contributed by atoms with Crippen LogP contribution < -0.4 is 0 Å². The van der Waals surface area contributed by atoms with Crippen LogP contribution in [0.25, 0.3) is 0 Å². The summed E-state index contributed by atoms with van der Waals surface area (Å²) in [4.78, 5) is 0. The van der Waals surface area contributed by atoms with Crippen LogP contribution in [0.2, 0.25) is 0 Å². The fourth-order valence-corrected chi connectivity index (χ4v) is 3.56. The van der Waals surface area contributed by atoms with Crippen molar-refractivity contribution in [1.29, 1.82) is 0 Å². The average molecular weight is 258 g/mol. The minimum Gasteiger partial charge on any atom is -0.378 e. The number of hydrogen-bond donors (Lipinski definition) is 0. The molecule has 0 amide bonds. The van der Waals surface area contributed by atoms with Gasteiger partial charge in [-0.15, -0.1) is 12.8 Å². The summed E-state index contributed by atoms with van der Waals surface area (Å²) >= 11 is 0. The van der Waals surface area contributed by atoms with Gasteiger partial charge in [0.25, 0.3) is 0 Å². The normalized spacial score (nSPS) is 25.2. The topological polar surface area (TPSA) is 9.23 Å². The molecule has 1 heteroatoms. The minimum absolute atomic E-state index is 0.0112. The van der Waals surface area contributed by atoms with Gasteiger partial charge in [-0.3, -0.25) is 0 Å². The molecule has 0 aliphatic heterocycles. The second-order valence-corrected chi connectivity index (χ2v) is 6.46. The molecule has 2 rings (SSSR count). The SMILES string of the molecule is C#CC1(COCC2(C#C)CCCCC2)CCCCC1. The molecule has 0 bridgehead atoms. The number of hydrogen-bond acceptors (Lipinski definition) is 1. The molecule has 0 spiro atoms. The first-order valence-electron chi connectivity index (χ1n) is 7.78. The highest BCUT2D eigenvalue weighted by atomic mass is 16.5. The molecule has 104 valence electrons. The van der Waals surface area contributed by atoms with E-state index >= 15 is 0 Å². The minimum atomic E-state index is -0.0112. The predicted molar refractivity (Wildman–Crippen MR) is 79.5 cm³/mol. The van der Waals surface area contributed by atoms with Gasteiger partial charge < -0.3 is 4.74 Å². The molecule has 19 heavy (non-hydrogen) atoms. The lowest BCUT2D eigenvalue weighted by atomic mass is 9.74. The van der Waals surface area contributed by atoms with Gasteiger partial charge in [-0.25, -0.2) is 0 Å². The Bertz CT molecular complexity index is 320. The fourth-order valence-electron chi connectivity index (χ4n) is 3.56. The van der Waals surface area contributed by atoms with Gasteiger partial charge in [-0.05, 0) is 25.7 Å². The van der Waals surface area contributed by atoms with Gasteiger partial charge in [0, 0.05) is 0 Å². The molecule has 0 heterocycles.